The molecule has 0 spiro atoms. The summed E-state index contributed by atoms with van der Waals surface area (Å²) in [6.45, 7) is 0. The standard InChI is InChI=1S/C19H14F2N2OS/c20-15-5-8-18(17(21)10-15)23-19(24)14-3-6-16(7-4-14)25-12-13-2-1-9-22-11-13/h1-11H,12H2,(H,23,24). The number of carbonyl (C=O) groups is 1. The third-order valence-corrected chi connectivity index (χ3v) is 4.51. The molecule has 0 saturated carbocycles. The number of nitrogens with one attached hydrogen (secondary N) is 1. The van der Waals surface area contributed by atoms with Gasteiger partial charge in [-0.05, 0) is 48.0 Å². The van der Waals surface area contributed by atoms with Gasteiger partial charge in [-0.2, -0.15) is 0 Å². The molecule has 0 aliphatic rings. The van der Waals surface area contributed by atoms with Crippen molar-refractivity contribution in [3.05, 3.63) is 89.8 Å². The normalized spacial score (nSPS) is 10.5. The Bertz CT molecular complexity index is 870. The van der Waals surface area contributed by atoms with E-state index in [1.807, 2.05) is 30.5 Å². The monoisotopic (exact) mass is 356 g/mol. The summed E-state index contributed by atoms with van der Waals surface area (Å²) >= 11 is 1.63. The largest absolute Gasteiger partial charge is 0.319 e. The number of nitrogens with zero attached hydrogens (tertiary/aromatic N) is 1. The van der Waals surface area contributed by atoms with Crippen LogP contribution in [0.15, 0.2) is 71.9 Å². The second-order valence-electron chi connectivity index (χ2n) is 5.25. The Balaban J connectivity index is 1.62. The summed E-state index contributed by atoms with van der Waals surface area (Å²) in [4.78, 5) is 17.2. The van der Waals surface area contributed by atoms with Crippen molar-refractivity contribution in [2.75, 3.05) is 5.32 Å². The van der Waals surface area contributed by atoms with Gasteiger partial charge in [0.15, 0.2) is 0 Å². The highest BCUT2D eigenvalue weighted by molar-refractivity contribution is 7.98. The average Bonchev–Trinajstić information content (AvgIpc) is 2.63. The van der Waals surface area contributed by atoms with Gasteiger partial charge < -0.3 is 5.32 Å². The number of pyridine rings is 1. The lowest BCUT2D eigenvalue weighted by atomic mass is 10.2. The Labute approximate surface area is 148 Å². The molecule has 0 aliphatic heterocycles. The van der Waals surface area contributed by atoms with Gasteiger partial charge in [-0.15, -0.1) is 11.8 Å². The number of anilines is 1. The molecule has 0 saturated heterocycles. The predicted octanol–water partition coefficient (Wildman–Crippen LogP) is 4.90. The molecule has 1 aromatic heterocycles. The van der Waals surface area contributed by atoms with Crippen LogP contribution in [0.4, 0.5) is 14.5 Å². The molecule has 0 bridgehead atoms. The minimum absolute atomic E-state index is 0.0542. The number of hydrogen-bond acceptors (Lipinski definition) is 3. The van der Waals surface area contributed by atoms with Crippen molar-refractivity contribution < 1.29 is 13.6 Å². The minimum Gasteiger partial charge on any atom is -0.319 e. The van der Waals surface area contributed by atoms with Crippen LogP contribution in [0, 0.1) is 11.6 Å². The molecule has 0 atom stereocenters. The van der Waals surface area contributed by atoms with Crippen LogP contribution in [-0.2, 0) is 5.75 Å². The SMILES string of the molecule is O=C(Nc1ccc(F)cc1F)c1ccc(SCc2cccnc2)cc1. The maximum Gasteiger partial charge on any atom is 0.255 e. The van der Waals surface area contributed by atoms with Gasteiger partial charge in [-0.1, -0.05) is 6.07 Å². The van der Waals surface area contributed by atoms with E-state index >= 15 is 0 Å². The maximum absolute atomic E-state index is 13.6. The van der Waals surface area contributed by atoms with E-state index in [9.17, 15) is 13.6 Å². The fourth-order valence-corrected chi connectivity index (χ4v) is 2.97. The second kappa shape index (κ2) is 7.90. The Morgan fingerprint density at radius 3 is 2.56 bits per heavy atom. The van der Waals surface area contributed by atoms with Gasteiger partial charge >= 0.3 is 0 Å². The zero-order chi connectivity index (χ0) is 17.6. The number of thioether (sulfide) groups is 1. The van der Waals surface area contributed by atoms with E-state index in [2.05, 4.69) is 10.3 Å². The van der Waals surface area contributed by atoms with Gasteiger partial charge in [0.05, 0.1) is 5.69 Å². The lowest BCUT2D eigenvalue weighted by molar-refractivity contribution is 0.102. The van der Waals surface area contributed by atoms with E-state index in [1.165, 1.54) is 6.07 Å². The van der Waals surface area contributed by atoms with Crippen molar-refractivity contribution in [3.63, 3.8) is 0 Å². The Morgan fingerprint density at radius 1 is 1.08 bits per heavy atom. The molecule has 0 unspecified atom stereocenters. The van der Waals surface area contributed by atoms with Crippen LogP contribution >= 0.6 is 11.8 Å². The molecule has 3 nitrogen and oxygen atoms in total. The van der Waals surface area contributed by atoms with E-state index < -0.39 is 17.5 Å². The van der Waals surface area contributed by atoms with Gasteiger partial charge in [0.1, 0.15) is 11.6 Å². The van der Waals surface area contributed by atoms with E-state index in [-0.39, 0.29) is 5.69 Å². The lowest BCUT2D eigenvalue weighted by Crippen LogP contribution is -2.12. The fraction of sp³-hybridized carbons (Fsp3) is 0.0526. The molecule has 3 aromatic rings. The second-order valence-corrected chi connectivity index (χ2v) is 6.30. The molecule has 25 heavy (non-hydrogen) atoms. The fourth-order valence-electron chi connectivity index (χ4n) is 2.14. The third-order valence-electron chi connectivity index (χ3n) is 3.42. The summed E-state index contributed by atoms with van der Waals surface area (Å²) in [5.41, 5.74) is 1.46. The highest BCUT2D eigenvalue weighted by Gasteiger charge is 2.10. The molecule has 126 valence electrons. The number of amides is 1. The highest BCUT2D eigenvalue weighted by Crippen LogP contribution is 2.23. The average molecular weight is 356 g/mol. The van der Waals surface area contributed by atoms with Crippen molar-refractivity contribution in [1.29, 1.82) is 0 Å². The van der Waals surface area contributed by atoms with Crippen LogP contribution in [0.1, 0.15) is 15.9 Å². The molecular formula is C19H14F2N2OS. The number of benzene rings is 2. The van der Waals surface area contributed by atoms with Crippen LogP contribution in [0.3, 0.4) is 0 Å². The molecule has 1 heterocycles. The van der Waals surface area contributed by atoms with Crippen molar-refractivity contribution in [3.8, 4) is 0 Å². The molecular weight excluding hydrogens is 342 g/mol. The summed E-state index contributed by atoms with van der Waals surface area (Å²) in [6, 6.07) is 13.9. The van der Waals surface area contributed by atoms with Gasteiger partial charge in [0, 0.05) is 34.7 Å². The van der Waals surface area contributed by atoms with Gasteiger partial charge in [-0.25, -0.2) is 8.78 Å². The molecule has 3 rings (SSSR count). The third kappa shape index (κ3) is 4.64. The highest BCUT2D eigenvalue weighted by atomic mass is 32.2. The maximum atomic E-state index is 13.6. The molecule has 1 N–H and O–H groups in total. The lowest BCUT2D eigenvalue weighted by Gasteiger charge is -2.07. The topological polar surface area (TPSA) is 42.0 Å². The smallest absolute Gasteiger partial charge is 0.255 e. The summed E-state index contributed by atoms with van der Waals surface area (Å²) in [6.07, 6.45) is 3.54. The molecule has 0 fully saturated rings. The number of rotatable bonds is 5. The first-order valence-electron chi connectivity index (χ1n) is 7.50. The van der Waals surface area contributed by atoms with E-state index in [1.54, 1.807) is 30.1 Å². The number of carbonyl (C=O) groups excluding carboxylic acids is 1. The van der Waals surface area contributed by atoms with Crippen LogP contribution in [-0.4, -0.2) is 10.9 Å². The van der Waals surface area contributed by atoms with Gasteiger partial charge in [0.2, 0.25) is 0 Å². The summed E-state index contributed by atoms with van der Waals surface area (Å²) in [7, 11) is 0. The van der Waals surface area contributed by atoms with Crippen LogP contribution in [0.5, 0.6) is 0 Å². The van der Waals surface area contributed by atoms with Crippen LogP contribution in [0.25, 0.3) is 0 Å². The first kappa shape index (κ1) is 17.1. The first-order chi connectivity index (χ1) is 12.1. The van der Waals surface area contributed by atoms with Gasteiger partial charge in [-0.3, -0.25) is 9.78 Å². The summed E-state index contributed by atoms with van der Waals surface area (Å²) in [5.74, 6) is -1.17. The van der Waals surface area contributed by atoms with E-state index in [0.717, 1.165) is 28.3 Å². The molecule has 0 aliphatic carbocycles. The molecule has 6 heteroatoms. The van der Waals surface area contributed by atoms with E-state index in [4.69, 9.17) is 0 Å². The first-order valence-corrected chi connectivity index (χ1v) is 8.48. The molecule has 1 amide bonds. The number of aromatic nitrogens is 1. The summed E-state index contributed by atoms with van der Waals surface area (Å²) in [5, 5.41) is 2.44. The number of halogens is 2. The van der Waals surface area contributed by atoms with Crippen molar-refractivity contribution in [1.82, 2.24) is 4.98 Å². The van der Waals surface area contributed by atoms with Crippen molar-refractivity contribution >= 4 is 23.4 Å². The molecule has 0 radical (unpaired) electrons. The quantitative estimate of drug-likeness (QED) is 0.661. The zero-order valence-corrected chi connectivity index (χ0v) is 13.9. The van der Waals surface area contributed by atoms with Crippen LogP contribution in [0.2, 0.25) is 0 Å². The Kier molecular flexibility index (Phi) is 5.40. The van der Waals surface area contributed by atoms with Crippen molar-refractivity contribution in [2.24, 2.45) is 0 Å². The zero-order valence-electron chi connectivity index (χ0n) is 13.1. The van der Waals surface area contributed by atoms with Gasteiger partial charge in [0.25, 0.3) is 5.91 Å². The summed E-state index contributed by atoms with van der Waals surface area (Å²) < 4.78 is 26.5. The minimum atomic E-state index is -0.808. The van der Waals surface area contributed by atoms with Crippen LogP contribution < -0.4 is 5.32 Å². The Morgan fingerprint density at radius 2 is 1.88 bits per heavy atom. The Hall–Kier alpha value is -2.73. The predicted molar refractivity (Wildman–Crippen MR) is 94.6 cm³/mol. The van der Waals surface area contributed by atoms with Crippen molar-refractivity contribution in [2.45, 2.75) is 10.6 Å². The number of hydrogen-bond donors (Lipinski definition) is 1. The molecule has 2 aromatic carbocycles. The van der Waals surface area contributed by atoms with E-state index in [0.29, 0.717) is 5.56 Å².